The summed E-state index contributed by atoms with van der Waals surface area (Å²) in [5, 5.41) is 0. The third-order valence-electron chi connectivity index (χ3n) is 2.03. The Labute approximate surface area is 80.7 Å². The van der Waals surface area contributed by atoms with Crippen molar-refractivity contribution >= 4 is 5.91 Å². The van der Waals surface area contributed by atoms with Crippen LogP contribution in [0.3, 0.4) is 0 Å². The largest absolute Gasteiger partial charge is 0.349 e. The van der Waals surface area contributed by atoms with Gasteiger partial charge in [-0.2, -0.15) is 0 Å². The number of hydrogen-bond acceptors (Lipinski definition) is 3. The predicted octanol–water partition coefficient (Wildman–Crippen LogP) is -0.255. The SMILES string of the molecule is CCN(CCN)CCC(=O)N(C)C. The van der Waals surface area contributed by atoms with E-state index in [-0.39, 0.29) is 5.91 Å². The highest BCUT2D eigenvalue weighted by Crippen LogP contribution is 1.93. The zero-order valence-corrected chi connectivity index (χ0v) is 8.92. The topological polar surface area (TPSA) is 49.6 Å². The van der Waals surface area contributed by atoms with E-state index in [4.69, 9.17) is 5.73 Å². The minimum Gasteiger partial charge on any atom is -0.349 e. The summed E-state index contributed by atoms with van der Waals surface area (Å²) in [4.78, 5) is 15.0. The van der Waals surface area contributed by atoms with Gasteiger partial charge in [-0.3, -0.25) is 4.79 Å². The molecule has 78 valence electrons. The minimum absolute atomic E-state index is 0.176. The molecule has 0 fully saturated rings. The standard InChI is InChI=1S/C9H21N3O/c1-4-12(8-6-10)7-5-9(13)11(2)3/h4-8,10H2,1-3H3. The lowest BCUT2D eigenvalue weighted by atomic mass is 10.3. The van der Waals surface area contributed by atoms with Gasteiger partial charge < -0.3 is 15.5 Å². The number of carbonyl (C=O) groups excluding carboxylic acids is 1. The first-order chi connectivity index (χ1) is 6.11. The highest BCUT2D eigenvalue weighted by molar-refractivity contribution is 5.75. The first kappa shape index (κ1) is 12.4. The second-order valence-electron chi connectivity index (χ2n) is 3.26. The maximum atomic E-state index is 11.2. The Kier molecular flexibility index (Phi) is 6.54. The van der Waals surface area contributed by atoms with Gasteiger partial charge in [0.05, 0.1) is 0 Å². The second kappa shape index (κ2) is 6.86. The summed E-state index contributed by atoms with van der Waals surface area (Å²) in [6.45, 7) is 5.37. The van der Waals surface area contributed by atoms with E-state index in [1.807, 2.05) is 0 Å². The highest BCUT2D eigenvalue weighted by Gasteiger charge is 2.06. The number of rotatable bonds is 6. The molecule has 0 aromatic heterocycles. The van der Waals surface area contributed by atoms with Gasteiger partial charge in [-0.15, -0.1) is 0 Å². The first-order valence-electron chi connectivity index (χ1n) is 4.74. The fraction of sp³-hybridized carbons (Fsp3) is 0.889. The number of likely N-dealkylation sites (N-methyl/N-ethyl adjacent to an activating group) is 1. The van der Waals surface area contributed by atoms with Gasteiger partial charge in [0.2, 0.25) is 5.91 Å². The van der Waals surface area contributed by atoms with Crippen molar-refractivity contribution in [1.29, 1.82) is 0 Å². The Morgan fingerprint density at radius 1 is 1.31 bits per heavy atom. The third kappa shape index (κ3) is 5.60. The van der Waals surface area contributed by atoms with Crippen LogP contribution in [-0.4, -0.2) is 56.0 Å². The fourth-order valence-corrected chi connectivity index (χ4v) is 1.09. The summed E-state index contributed by atoms with van der Waals surface area (Å²) in [6, 6.07) is 0. The highest BCUT2D eigenvalue weighted by atomic mass is 16.2. The fourth-order valence-electron chi connectivity index (χ4n) is 1.09. The van der Waals surface area contributed by atoms with E-state index in [0.717, 1.165) is 19.6 Å². The molecule has 0 unspecified atom stereocenters. The van der Waals surface area contributed by atoms with Crippen LogP contribution in [0.5, 0.6) is 0 Å². The van der Waals surface area contributed by atoms with Gasteiger partial charge >= 0.3 is 0 Å². The lowest BCUT2D eigenvalue weighted by molar-refractivity contribution is -0.129. The summed E-state index contributed by atoms with van der Waals surface area (Å²) in [6.07, 6.45) is 0.584. The normalized spacial score (nSPS) is 10.5. The molecule has 0 radical (unpaired) electrons. The molecule has 0 aromatic rings. The zero-order valence-electron chi connectivity index (χ0n) is 8.92. The Morgan fingerprint density at radius 3 is 2.31 bits per heavy atom. The van der Waals surface area contributed by atoms with Gasteiger partial charge in [-0.1, -0.05) is 6.92 Å². The monoisotopic (exact) mass is 187 g/mol. The van der Waals surface area contributed by atoms with Gasteiger partial charge in [-0.25, -0.2) is 0 Å². The van der Waals surface area contributed by atoms with Crippen LogP contribution in [0, 0.1) is 0 Å². The molecule has 1 amide bonds. The quantitative estimate of drug-likeness (QED) is 0.623. The number of nitrogens with two attached hydrogens (primary N) is 1. The van der Waals surface area contributed by atoms with Crippen molar-refractivity contribution in [2.45, 2.75) is 13.3 Å². The van der Waals surface area contributed by atoms with Crippen LogP contribution in [-0.2, 0) is 4.79 Å². The molecule has 0 aliphatic carbocycles. The van der Waals surface area contributed by atoms with E-state index in [1.54, 1.807) is 19.0 Å². The minimum atomic E-state index is 0.176. The molecular formula is C9H21N3O. The lowest BCUT2D eigenvalue weighted by Gasteiger charge is -2.19. The molecule has 0 aliphatic rings. The van der Waals surface area contributed by atoms with Crippen LogP contribution in [0.2, 0.25) is 0 Å². The van der Waals surface area contributed by atoms with Crippen molar-refractivity contribution in [3.05, 3.63) is 0 Å². The van der Waals surface area contributed by atoms with Crippen molar-refractivity contribution in [2.24, 2.45) is 5.73 Å². The summed E-state index contributed by atoms with van der Waals surface area (Å²) < 4.78 is 0. The molecular weight excluding hydrogens is 166 g/mol. The average molecular weight is 187 g/mol. The summed E-state index contributed by atoms with van der Waals surface area (Å²) in [5.74, 6) is 0.176. The summed E-state index contributed by atoms with van der Waals surface area (Å²) in [7, 11) is 3.56. The lowest BCUT2D eigenvalue weighted by Crippen LogP contribution is -2.33. The van der Waals surface area contributed by atoms with E-state index in [9.17, 15) is 4.79 Å². The third-order valence-corrected chi connectivity index (χ3v) is 2.03. The summed E-state index contributed by atoms with van der Waals surface area (Å²) in [5.41, 5.74) is 5.43. The molecule has 0 saturated heterocycles. The smallest absolute Gasteiger partial charge is 0.223 e. The van der Waals surface area contributed by atoms with E-state index in [1.165, 1.54) is 0 Å². The van der Waals surface area contributed by atoms with Crippen LogP contribution in [0.25, 0.3) is 0 Å². The molecule has 0 aromatic carbocycles. The molecule has 2 N–H and O–H groups in total. The van der Waals surface area contributed by atoms with E-state index in [2.05, 4.69) is 11.8 Å². The Hall–Kier alpha value is -0.610. The maximum Gasteiger partial charge on any atom is 0.223 e. The molecule has 4 nitrogen and oxygen atoms in total. The maximum absolute atomic E-state index is 11.2. The molecule has 13 heavy (non-hydrogen) atoms. The molecule has 4 heteroatoms. The Bertz CT molecular complexity index is 148. The van der Waals surface area contributed by atoms with Crippen LogP contribution in [0.15, 0.2) is 0 Å². The zero-order chi connectivity index (χ0) is 10.3. The van der Waals surface area contributed by atoms with Crippen molar-refractivity contribution in [2.75, 3.05) is 40.3 Å². The van der Waals surface area contributed by atoms with Gasteiger partial charge in [0.1, 0.15) is 0 Å². The number of carbonyl (C=O) groups is 1. The molecule has 0 atom stereocenters. The van der Waals surface area contributed by atoms with Crippen molar-refractivity contribution in [3.63, 3.8) is 0 Å². The molecule has 0 rings (SSSR count). The molecule has 0 heterocycles. The van der Waals surface area contributed by atoms with Gasteiger partial charge in [0.15, 0.2) is 0 Å². The van der Waals surface area contributed by atoms with Crippen molar-refractivity contribution in [1.82, 2.24) is 9.80 Å². The molecule has 0 aliphatic heterocycles. The number of hydrogen-bond donors (Lipinski definition) is 1. The van der Waals surface area contributed by atoms with Crippen LogP contribution in [0.1, 0.15) is 13.3 Å². The second-order valence-corrected chi connectivity index (χ2v) is 3.26. The Morgan fingerprint density at radius 2 is 1.92 bits per heavy atom. The molecule has 0 bridgehead atoms. The molecule has 0 saturated carbocycles. The van der Waals surface area contributed by atoms with E-state index < -0.39 is 0 Å². The predicted molar refractivity (Wildman–Crippen MR) is 54.5 cm³/mol. The van der Waals surface area contributed by atoms with Crippen LogP contribution < -0.4 is 5.73 Å². The Balaban J connectivity index is 3.65. The average Bonchev–Trinajstić information content (AvgIpc) is 2.11. The number of amides is 1. The van der Waals surface area contributed by atoms with E-state index >= 15 is 0 Å². The molecule has 0 spiro atoms. The first-order valence-corrected chi connectivity index (χ1v) is 4.74. The van der Waals surface area contributed by atoms with Gasteiger partial charge in [-0.05, 0) is 6.54 Å². The number of nitrogens with zero attached hydrogens (tertiary/aromatic N) is 2. The van der Waals surface area contributed by atoms with Crippen LogP contribution in [0.4, 0.5) is 0 Å². The van der Waals surface area contributed by atoms with Crippen LogP contribution >= 0.6 is 0 Å². The van der Waals surface area contributed by atoms with Crippen molar-refractivity contribution < 1.29 is 4.79 Å². The van der Waals surface area contributed by atoms with Gasteiger partial charge in [0, 0.05) is 40.2 Å². The summed E-state index contributed by atoms with van der Waals surface area (Å²) >= 11 is 0. The van der Waals surface area contributed by atoms with E-state index in [0.29, 0.717) is 13.0 Å². The van der Waals surface area contributed by atoms with Crippen molar-refractivity contribution in [3.8, 4) is 0 Å². The van der Waals surface area contributed by atoms with Gasteiger partial charge in [0.25, 0.3) is 0 Å².